The summed E-state index contributed by atoms with van der Waals surface area (Å²) >= 11 is 3.49. The van der Waals surface area contributed by atoms with E-state index in [1.54, 1.807) is 6.20 Å². The predicted octanol–water partition coefficient (Wildman–Crippen LogP) is 3.89. The Morgan fingerprint density at radius 3 is 2.83 bits per heavy atom. The number of nitrogens with zero attached hydrogens (tertiary/aromatic N) is 2. The van der Waals surface area contributed by atoms with Crippen molar-refractivity contribution in [2.75, 3.05) is 6.61 Å². The molecule has 0 unspecified atom stereocenters. The number of halogens is 1. The molecule has 6 heteroatoms. The third-order valence-corrected chi connectivity index (χ3v) is 4.60. The molecule has 1 fully saturated rings. The molecule has 0 spiro atoms. The molecular formula is C17H19BrN2O3. The van der Waals surface area contributed by atoms with Crippen molar-refractivity contribution in [3.63, 3.8) is 0 Å². The lowest BCUT2D eigenvalue weighted by Crippen LogP contribution is -2.29. The summed E-state index contributed by atoms with van der Waals surface area (Å²) in [6, 6.07) is 3.89. The first kappa shape index (κ1) is 16.2. The summed E-state index contributed by atoms with van der Waals surface area (Å²) < 4.78 is 12.2. The quantitative estimate of drug-likeness (QED) is 0.755. The third kappa shape index (κ3) is 3.80. The molecule has 0 bridgehead atoms. The van der Waals surface area contributed by atoms with Gasteiger partial charge in [-0.1, -0.05) is 15.9 Å². The van der Waals surface area contributed by atoms with Crippen LogP contribution in [0, 0.1) is 5.92 Å². The minimum absolute atomic E-state index is 0.0115. The number of carbonyl (C=O) groups is 1. The van der Waals surface area contributed by atoms with Crippen LogP contribution in [-0.4, -0.2) is 28.6 Å². The fraction of sp³-hybridized carbons (Fsp3) is 0.471. The molecule has 0 atom stereocenters. The van der Waals surface area contributed by atoms with Gasteiger partial charge in [0.25, 0.3) is 0 Å². The van der Waals surface area contributed by atoms with Gasteiger partial charge >= 0.3 is 5.97 Å². The molecule has 1 saturated carbocycles. The zero-order valence-corrected chi connectivity index (χ0v) is 14.6. The summed E-state index contributed by atoms with van der Waals surface area (Å²) in [5, 5.41) is 0.906. The van der Waals surface area contributed by atoms with Crippen LogP contribution in [0.15, 0.2) is 29.1 Å². The Morgan fingerprint density at radius 1 is 1.30 bits per heavy atom. The van der Waals surface area contributed by atoms with Crippen molar-refractivity contribution in [3.05, 3.63) is 29.1 Å². The molecule has 122 valence electrons. The van der Waals surface area contributed by atoms with Crippen LogP contribution in [-0.2, 0) is 9.53 Å². The number of esters is 1. The average Bonchev–Trinajstić information content (AvgIpc) is 2.55. The molecular weight excluding hydrogens is 360 g/mol. The summed E-state index contributed by atoms with van der Waals surface area (Å²) in [7, 11) is 0. The minimum atomic E-state index is -0.0766. The van der Waals surface area contributed by atoms with Crippen LogP contribution < -0.4 is 4.74 Å². The number of aromatic nitrogens is 2. The molecule has 23 heavy (non-hydrogen) atoms. The highest BCUT2D eigenvalue weighted by Crippen LogP contribution is 2.33. The van der Waals surface area contributed by atoms with Crippen LogP contribution in [0.2, 0.25) is 0 Å². The van der Waals surface area contributed by atoms with E-state index in [1.165, 1.54) is 6.33 Å². The van der Waals surface area contributed by atoms with Crippen LogP contribution in [0.1, 0.15) is 32.6 Å². The van der Waals surface area contributed by atoms with Gasteiger partial charge in [-0.25, -0.2) is 9.97 Å². The highest BCUT2D eigenvalue weighted by Gasteiger charge is 2.28. The SMILES string of the molecule is CCOC(=O)C1CCC(Oc2cc(Br)cc3ncncc23)CC1. The van der Waals surface area contributed by atoms with Crippen molar-refractivity contribution >= 4 is 32.8 Å². The molecule has 1 heterocycles. The van der Waals surface area contributed by atoms with Gasteiger partial charge in [0.1, 0.15) is 12.1 Å². The molecule has 5 nitrogen and oxygen atoms in total. The second-order valence-electron chi connectivity index (χ2n) is 5.70. The van der Waals surface area contributed by atoms with Gasteiger partial charge in [-0.2, -0.15) is 0 Å². The molecule has 1 aromatic carbocycles. The molecule has 3 rings (SSSR count). The lowest BCUT2D eigenvalue weighted by molar-refractivity contribution is -0.149. The molecule has 1 aliphatic rings. The van der Waals surface area contributed by atoms with Gasteiger partial charge < -0.3 is 9.47 Å². The van der Waals surface area contributed by atoms with Crippen molar-refractivity contribution in [1.82, 2.24) is 9.97 Å². The van der Waals surface area contributed by atoms with Gasteiger partial charge in [-0.05, 0) is 44.7 Å². The van der Waals surface area contributed by atoms with E-state index in [2.05, 4.69) is 25.9 Å². The Morgan fingerprint density at radius 2 is 2.09 bits per heavy atom. The lowest BCUT2D eigenvalue weighted by Gasteiger charge is -2.28. The van der Waals surface area contributed by atoms with Crippen molar-refractivity contribution in [3.8, 4) is 5.75 Å². The summed E-state index contributed by atoms with van der Waals surface area (Å²) in [5.74, 6) is 0.721. The van der Waals surface area contributed by atoms with E-state index in [4.69, 9.17) is 9.47 Å². The van der Waals surface area contributed by atoms with E-state index in [0.29, 0.717) is 6.61 Å². The maximum absolute atomic E-state index is 11.8. The topological polar surface area (TPSA) is 61.3 Å². The first-order valence-corrected chi connectivity index (χ1v) is 8.69. The molecule has 0 amide bonds. The Hall–Kier alpha value is -1.69. The highest BCUT2D eigenvalue weighted by molar-refractivity contribution is 9.10. The van der Waals surface area contributed by atoms with Crippen molar-refractivity contribution in [2.45, 2.75) is 38.7 Å². The van der Waals surface area contributed by atoms with Crippen LogP contribution >= 0.6 is 15.9 Å². The number of ether oxygens (including phenoxy) is 2. The third-order valence-electron chi connectivity index (χ3n) is 4.14. The zero-order valence-electron chi connectivity index (χ0n) is 13.0. The summed E-state index contributed by atoms with van der Waals surface area (Å²) in [6.07, 6.45) is 6.74. The number of benzene rings is 1. The van der Waals surface area contributed by atoms with Gasteiger partial charge in [-0.3, -0.25) is 4.79 Å². The second kappa shape index (κ2) is 7.25. The Balaban J connectivity index is 1.68. The first-order chi connectivity index (χ1) is 11.2. The molecule has 0 saturated heterocycles. The maximum Gasteiger partial charge on any atom is 0.308 e. The Labute approximate surface area is 143 Å². The number of rotatable bonds is 4. The average molecular weight is 379 g/mol. The van der Waals surface area contributed by atoms with E-state index in [0.717, 1.165) is 46.8 Å². The van der Waals surface area contributed by atoms with Crippen LogP contribution in [0.25, 0.3) is 10.9 Å². The molecule has 0 aliphatic heterocycles. The van der Waals surface area contributed by atoms with Crippen molar-refractivity contribution < 1.29 is 14.3 Å². The maximum atomic E-state index is 11.8. The smallest absolute Gasteiger partial charge is 0.308 e. The molecule has 1 aromatic heterocycles. The summed E-state index contributed by atoms with van der Waals surface area (Å²) in [5.41, 5.74) is 0.851. The number of carbonyl (C=O) groups excluding carboxylic acids is 1. The van der Waals surface area contributed by atoms with E-state index < -0.39 is 0 Å². The largest absolute Gasteiger partial charge is 0.490 e. The molecule has 1 aliphatic carbocycles. The molecule has 0 N–H and O–H groups in total. The monoisotopic (exact) mass is 378 g/mol. The standard InChI is InChI=1S/C17H19BrN2O3/c1-2-22-17(21)11-3-5-13(6-4-11)23-16-8-12(18)7-15-14(16)9-19-10-20-15/h7-11,13H,2-6H2,1H3. The normalized spacial score (nSPS) is 21.1. The number of fused-ring (bicyclic) bond motifs is 1. The molecule has 2 aromatic rings. The summed E-state index contributed by atoms with van der Waals surface area (Å²) in [4.78, 5) is 20.2. The van der Waals surface area contributed by atoms with Crippen molar-refractivity contribution in [1.29, 1.82) is 0 Å². The Bertz CT molecular complexity index is 699. The van der Waals surface area contributed by atoms with Crippen molar-refractivity contribution in [2.24, 2.45) is 5.92 Å². The van der Waals surface area contributed by atoms with Gasteiger partial charge in [0.15, 0.2) is 0 Å². The lowest BCUT2D eigenvalue weighted by atomic mass is 9.87. The fourth-order valence-electron chi connectivity index (χ4n) is 2.97. The van der Waals surface area contributed by atoms with Gasteiger partial charge in [0.05, 0.1) is 29.5 Å². The summed E-state index contributed by atoms with van der Waals surface area (Å²) in [6.45, 7) is 2.28. The fourth-order valence-corrected chi connectivity index (χ4v) is 3.40. The highest BCUT2D eigenvalue weighted by atomic mass is 79.9. The zero-order chi connectivity index (χ0) is 16.2. The molecule has 0 radical (unpaired) electrons. The van der Waals surface area contributed by atoms with E-state index >= 15 is 0 Å². The minimum Gasteiger partial charge on any atom is -0.490 e. The van der Waals surface area contributed by atoms with Gasteiger partial charge in [-0.15, -0.1) is 0 Å². The number of hydrogen-bond donors (Lipinski definition) is 0. The van der Waals surface area contributed by atoms with Gasteiger partial charge in [0, 0.05) is 10.7 Å². The predicted molar refractivity (Wildman–Crippen MR) is 90.2 cm³/mol. The van der Waals surface area contributed by atoms with Crippen LogP contribution in [0.5, 0.6) is 5.75 Å². The Kier molecular flexibility index (Phi) is 5.10. The first-order valence-electron chi connectivity index (χ1n) is 7.90. The number of hydrogen-bond acceptors (Lipinski definition) is 5. The van der Waals surface area contributed by atoms with Crippen LogP contribution in [0.3, 0.4) is 0 Å². The second-order valence-corrected chi connectivity index (χ2v) is 6.62. The van der Waals surface area contributed by atoms with E-state index in [1.807, 2.05) is 19.1 Å². The van der Waals surface area contributed by atoms with Crippen LogP contribution in [0.4, 0.5) is 0 Å². The van der Waals surface area contributed by atoms with Gasteiger partial charge in [0.2, 0.25) is 0 Å². The van der Waals surface area contributed by atoms with E-state index in [-0.39, 0.29) is 18.0 Å². The van der Waals surface area contributed by atoms with E-state index in [9.17, 15) is 4.79 Å².